The number of hydrogen-bond donors (Lipinski definition) is 0. The first-order chi connectivity index (χ1) is 7.00. The molecule has 1 atom stereocenters. The standard InChI is InChI=1S/C11H17N3Si/c1-9(15(2,3)4)14-11-8-6-5-7-10(11)12-13-14/h5-9H,1-4H3. The Morgan fingerprint density at radius 3 is 2.53 bits per heavy atom. The lowest BCUT2D eigenvalue weighted by Crippen LogP contribution is -2.33. The minimum Gasteiger partial charge on any atom is -0.245 e. The van der Waals surface area contributed by atoms with Crippen molar-refractivity contribution in [2.75, 3.05) is 0 Å². The van der Waals surface area contributed by atoms with E-state index in [1.165, 1.54) is 0 Å². The monoisotopic (exact) mass is 219 g/mol. The fourth-order valence-corrected chi connectivity index (χ4v) is 2.46. The zero-order valence-electron chi connectivity index (χ0n) is 9.73. The summed E-state index contributed by atoms with van der Waals surface area (Å²) in [5.74, 6) is 0. The van der Waals surface area contributed by atoms with Gasteiger partial charge in [0.05, 0.1) is 13.6 Å². The maximum Gasteiger partial charge on any atom is 0.113 e. The predicted octanol–water partition coefficient (Wildman–Crippen LogP) is 2.87. The molecule has 3 nitrogen and oxygen atoms in total. The molecule has 0 radical (unpaired) electrons. The second kappa shape index (κ2) is 3.45. The number of benzene rings is 1. The number of hydrogen-bond acceptors (Lipinski definition) is 2. The number of fused-ring (bicyclic) bond motifs is 1. The lowest BCUT2D eigenvalue weighted by molar-refractivity contribution is 0.602. The summed E-state index contributed by atoms with van der Waals surface area (Å²) in [5, 5.41) is 8.45. The second-order valence-corrected chi connectivity index (χ2v) is 10.6. The maximum atomic E-state index is 4.26. The van der Waals surface area contributed by atoms with Gasteiger partial charge in [-0.2, -0.15) is 0 Å². The fourth-order valence-electron chi connectivity index (χ4n) is 1.54. The van der Waals surface area contributed by atoms with Crippen LogP contribution in [0.5, 0.6) is 0 Å². The van der Waals surface area contributed by atoms with Crippen molar-refractivity contribution in [2.45, 2.75) is 32.2 Å². The Bertz CT molecular complexity index is 470. The van der Waals surface area contributed by atoms with Crippen LogP contribution in [0, 0.1) is 0 Å². The summed E-state index contributed by atoms with van der Waals surface area (Å²) in [4.78, 5) is 0. The van der Waals surface area contributed by atoms with Gasteiger partial charge in [0, 0.05) is 5.67 Å². The number of nitrogens with zero attached hydrogens (tertiary/aromatic N) is 3. The molecule has 0 aliphatic carbocycles. The summed E-state index contributed by atoms with van der Waals surface area (Å²) in [6.07, 6.45) is 0. The minimum atomic E-state index is -1.22. The molecule has 0 aliphatic heterocycles. The predicted molar refractivity (Wildman–Crippen MR) is 65.6 cm³/mol. The molecule has 15 heavy (non-hydrogen) atoms. The Morgan fingerprint density at radius 2 is 1.87 bits per heavy atom. The molecular formula is C11H17N3Si. The van der Waals surface area contributed by atoms with Gasteiger partial charge in [-0.3, -0.25) is 0 Å². The van der Waals surface area contributed by atoms with E-state index in [0.717, 1.165) is 11.0 Å². The van der Waals surface area contributed by atoms with Crippen LogP contribution in [0.2, 0.25) is 19.6 Å². The van der Waals surface area contributed by atoms with Gasteiger partial charge < -0.3 is 0 Å². The van der Waals surface area contributed by atoms with Gasteiger partial charge in [-0.25, -0.2) is 4.68 Å². The maximum absolute atomic E-state index is 4.26. The SMILES string of the molecule is CC(n1nnc2ccccc21)[Si](C)(C)C. The van der Waals surface area contributed by atoms with Gasteiger partial charge in [0.25, 0.3) is 0 Å². The van der Waals surface area contributed by atoms with Crippen molar-refractivity contribution in [3.05, 3.63) is 24.3 Å². The van der Waals surface area contributed by atoms with Gasteiger partial charge in [0.15, 0.2) is 0 Å². The molecule has 1 unspecified atom stereocenters. The summed E-state index contributed by atoms with van der Waals surface area (Å²) >= 11 is 0. The van der Waals surface area contributed by atoms with E-state index < -0.39 is 8.07 Å². The molecule has 1 aromatic carbocycles. The second-order valence-electron chi connectivity index (χ2n) is 5.06. The molecule has 0 amide bonds. The van der Waals surface area contributed by atoms with Crippen molar-refractivity contribution in [2.24, 2.45) is 0 Å². The Morgan fingerprint density at radius 1 is 1.20 bits per heavy atom. The van der Waals surface area contributed by atoms with Crippen LogP contribution >= 0.6 is 0 Å². The Labute approximate surface area is 91.1 Å². The van der Waals surface area contributed by atoms with Crippen LogP contribution in [-0.2, 0) is 0 Å². The van der Waals surface area contributed by atoms with Gasteiger partial charge in [0.2, 0.25) is 0 Å². The van der Waals surface area contributed by atoms with Gasteiger partial charge in [-0.1, -0.05) is 37.0 Å². The fraction of sp³-hybridized carbons (Fsp3) is 0.455. The van der Waals surface area contributed by atoms with E-state index >= 15 is 0 Å². The Balaban J connectivity index is 2.53. The molecule has 0 aliphatic rings. The summed E-state index contributed by atoms with van der Waals surface area (Å²) in [6, 6.07) is 8.14. The van der Waals surface area contributed by atoms with Crippen LogP contribution in [0.4, 0.5) is 0 Å². The Hall–Kier alpha value is -1.16. The van der Waals surface area contributed by atoms with Crippen LogP contribution in [-0.4, -0.2) is 23.1 Å². The van der Waals surface area contributed by atoms with E-state index in [1.54, 1.807) is 0 Å². The normalized spacial score (nSPS) is 14.4. The van der Waals surface area contributed by atoms with Gasteiger partial charge >= 0.3 is 0 Å². The van der Waals surface area contributed by atoms with E-state index in [1.807, 2.05) is 18.2 Å². The largest absolute Gasteiger partial charge is 0.245 e. The van der Waals surface area contributed by atoms with E-state index in [4.69, 9.17) is 0 Å². The first-order valence-electron chi connectivity index (χ1n) is 5.30. The van der Waals surface area contributed by atoms with Crippen molar-refractivity contribution >= 4 is 19.1 Å². The first-order valence-corrected chi connectivity index (χ1v) is 8.88. The van der Waals surface area contributed by atoms with Crippen molar-refractivity contribution in [1.29, 1.82) is 0 Å². The third-order valence-corrected chi connectivity index (χ3v) is 5.75. The third-order valence-electron chi connectivity index (χ3n) is 3.00. The third kappa shape index (κ3) is 1.81. The van der Waals surface area contributed by atoms with Gasteiger partial charge in [0.1, 0.15) is 5.52 Å². The summed E-state index contributed by atoms with van der Waals surface area (Å²) in [5.41, 5.74) is 2.61. The highest BCUT2D eigenvalue weighted by molar-refractivity contribution is 6.76. The van der Waals surface area contributed by atoms with Crippen LogP contribution < -0.4 is 0 Å². The van der Waals surface area contributed by atoms with E-state index in [9.17, 15) is 0 Å². The minimum absolute atomic E-state index is 0.477. The van der Waals surface area contributed by atoms with E-state index in [2.05, 4.69) is 47.6 Å². The highest BCUT2D eigenvalue weighted by Crippen LogP contribution is 2.23. The van der Waals surface area contributed by atoms with Crippen LogP contribution in [0.3, 0.4) is 0 Å². The van der Waals surface area contributed by atoms with Crippen molar-refractivity contribution < 1.29 is 0 Å². The highest BCUT2D eigenvalue weighted by Gasteiger charge is 2.26. The molecule has 1 aromatic heterocycles. The number of para-hydroxylation sites is 1. The average molecular weight is 219 g/mol. The highest BCUT2D eigenvalue weighted by atomic mass is 28.3. The molecule has 0 saturated carbocycles. The van der Waals surface area contributed by atoms with Gasteiger partial charge in [-0.15, -0.1) is 5.10 Å². The zero-order valence-corrected chi connectivity index (χ0v) is 10.7. The van der Waals surface area contributed by atoms with Crippen molar-refractivity contribution in [3.8, 4) is 0 Å². The molecule has 0 saturated heterocycles. The van der Waals surface area contributed by atoms with Crippen LogP contribution in [0.25, 0.3) is 11.0 Å². The number of aromatic nitrogens is 3. The van der Waals surface area contributed by atoms with Gasteiger partial charge in [-0.05, 0) is 19.1 Å². The molecule has 2 aromatic rings. The molecule has 0 N–H and O–H groups in total. The molecule has 0 bridgehead atoms. The number of rotatable bonds is 2. The first kappa shape index (κ1) is 10.4. The van der Waals surface area contributed by atoms with E-state index in [-0.39, 0.29) is 0 Å². The average Bonchev–Trinajstić information content (AvgIpc) is 2.58. The molecule has 4 heteroatoms. The Kier molecular flexibility index (Phi) is 2.38. The lowest BCUT2D eigenvalue weighted by atomic mass is 10.3. The summed E-state index contributed by atoms with van der Waals surface area (Å²) in [6.45, 7) is 9.31. The van der Waals surface area contributed by atoms with Crippen LogP contribution in [0.1, 0.15) is 12.6 Å². The summed E-state index contributed by atoms with van der Waals surface area (Å²) in [7, 11) is -1.22. The van der Waals surface area contributed by atoms with E-state index in [0.29, 0.717) is 5.67 Å². The molecule has 0 spiro atoms. The molecule has 2 rings (SSSR count). The van der Waals surface area contributed by atoms with Crippen molar-refractivity contribution in [1.82, 2.24) is 15.0 Å². The molecular weight excluding hydrogens is 202 g/mol. The summed E-state index contributed by atoms with van der Waals surface area (Å²) < 4.78 is 2.07. The molecule has 0 fully saturated rings. The lowest BCUT2D eigenvalue weighted by Gasteiger charge is -2.25. The van der Waals surface area contributed by atoms with Crippen LogP contribution in [0.15, 0.2) is 24.3 Å². The molecule has 1 heterocycles. The van der Waals surface area contributed by atoms with Crippen molar-refractivity contribution in [3.63, 3.8) is 0 Å². The topological polar surface area (TPSA) is 30.7 Å². The smallest absolute Gasteiger partial charge is 0.113 e. The zero-order chi connectivity index (χ0) is 11.1. The quantitative estimate of drug-likeness (QED) is 0.727. The molecule has 80 valence electrons.